The lowest BCUT2D eigenvalue weighted by atomic mass is 9.52. The minimum atomic E-state index is -0.141. The summed E-state index contributed by atoms with van der Waals surface area (Å²) in [5.41, 5.74) is 1.67. The van der Waals surface area contributed by atoms with Gasteiger partial charge in [-0.2, -0.15) is 0 Å². The SMILES string of the molecule is CC(=O)O[C@H]1[C@H]2CC3=C(CCCO3)[C@]3(C[C@@H]1C)NCCC[C@H]23. The Bertz CT molecular complexity index is 514. The molecule has 122 valence electrons. The maximum atomic E-state index is 11.6. The first-order valence-electron chi connectivity index (χ1n) is 8.89. The normalized spacial score (nSPS) is 43.7. The number of carbonyl (C=O) groups excluding carboxylic acids is 1. The number of carbonyl (C=O) groups is 1. The van der Waals surface area contributed by atoms with E-state index in [1.54, 1.807) is 12.5 Å². The molecule has 2 bridgehead atoms. The van der Waals surface area contributed by atoms with Gasteiger partial charge in [-0.1, -0.05) is 6.92 Å². The Hall–Kier alpha value is -1.03. The van der Waals surface area contributed by atoms with Crippen LogP contribution in [0.3, 0.4) is 0 Å². The van der Waals surface area contributed by atoms with E-state index < -0.39 is 0 Å². The molecule has 0 aromatic heterocycles. The van der Waals surface area contributed by atoms with Crippen LogP contribution in [-0.4, -0.2) is 30.8 Å². The van der Waals surface area contributed by atoms with Crippen molar-refractivity contribution in [3.63, 3.8) is 0 Å². The van der Waals surface area contributed by atoms with E-state index in [-0.39, 0.29) is 17.6 Å². The van der Waals surface area contributed by atoms with Crippen LogP contribution in [0.25, 0.3) is 0 Å². The molecule has 1 saturated heterocycles. The largest absolute Gasteiger partial charge is 0.498 e. The van der Waals surface area contributed by atoms with Crippen molar-refractivity contribution in [3.8, 4) is 0 Å². The molecule has 4 heteroatoms. The zero-order chi connectivity index (χ0) is 15.3. The van der Waals surface area contributed by atoms with E-state index in [9.17, 15) is 4.79 Å². The van der Waals surface area contributed by atoms with Crippen LogP contribution < -0.4 is 5.32 Å². The van der Waals surface area contributed by atoms with Gasteiger partial charge in [0.1, 0.15) is 6.10 Å². The summed E-state index contributed by atoms with van der Waals surface area (Å²) >= 11 is 0. The Morgan fingerprint density at radius 1 is 1.41 bits per heavy atom. The molecule has 4 nitrogen and oxygen atoms in total. The van der Waals surface area contributed by atoms with Gasteiger partial charge < -0.3 is 14.8 Å². The topological polar surface area (TPSA) is 47.6 Å². The van der Waals surface area contributed by atoms with Gasteiger partial charge in [-0.15, -0.1) is 0 Å². The van der Waals surface area contributed by atoms with Gasteiger partial charge in [0, 0.05) is 24.8 Å². The van der Waals surface area contributed by atoms with Gasteiger partial charge >= 0.3 is 5.97 Å². The number of esters is 1. The highest BCUT2D eigenvalue weighted by molar-refractivity contribution is 5.66. The van der Waals surface area contributed by atoms with E-state index in [4.69, 9.17) is 9.47 Å². The van der Waals surface area contributed by atoms with Crippen LogP contribution in [0.5, 0.6) is 0 Å². The predicted octanol–water partition coefficient (Wildman–Crippen LogP) is 2.78. The summed E-state index contributed by atoms with van der Waals surface area (Å²) in [7, 11) is 0. The predicted molar refractivity (Wildman–Crippen MR) is 83.1 cm³/mol. The fraction of sp³-hybridized carbons (Fsp3) is 0.833. The zero-order valence-corrected chi connectivity index (χ0v) is 13.7. The monoisotopic (exact) mass is 305 g/mol. The molecule has 2 fully saturated rings. The average molecular weight is 305 g/mol. The molecule has 2 aliphatic heterocycles. The molecule has 2 aliphatic carbocycles. The Balaban J connectivity index is 1.76. The van der Waals surface area contributed by atoms with Crippen molar-refractivity contribution in [2.75, 3.05) is 13.2 Å². The third-order valence-corrected chi connectivity index (χ3v) is 6.35. The molecule has 0 aromatic rings. The molecule has 22 heavy (non-hydrogen) atoms. The molecule has 2 heterocycles. The minimum Gasteiger partial charge on any atom is -0.498 e. The van der Waals surface area contributed by atoms with E-state index in [1.807, 2.05) is 0 Å². The van der Waals surface area contributed by atoms with Gasteiger partial charge in [0.15, 0.2) is 0 Å². The first kappa shape index (κ1) is 14.6. The number of rotatable bonds is 1. The number of allylic oxidation sites excluding steroid dienone is 1. The van der Waals surface area contributed by atoms with Gasteiger partial charge in [-0.3, -0.25) is 4.79 Å². The lowest BCUT2D eigenvalue weighted by molar-refractivity contribution is -0.164. The Morgan fingerprint density at radius 2 is 2.27 bits per heavy atom. The molecule has 0 unspecified atom stereocenters. The average Bonchev–Trinajstić information content (AvgIpc) is 2.51. The van der Waals surface area contributed by atoms with Gasteiger partial charge in [-0.05, 0) is 56.1 Å². The molecule has 5 atom stereocenters. The smallest absolute Gasteiger partial charge is 0.302 e. The first-order chi connectivity index (χ1) is 10.6. The highest BCUT2D eigenvalue weighted by atomic mass is 16.5. The Labute approximate surface area is 132 Å². The van der Waals surface area contributed by atoms with Crippen molar-refractivity contribution in [3.05, 3.63) is 11.3 Å². The van der Waals surface area contributed by atoms with Gasteiger partial charge in [-0.25, -0.2) is 0 Å². The summed E-state index contributed by atoms with van der Waals surface area (Å²) in [6.45, 7) is 5.74. The second-order valence-electron chi connectivity index (χ2n) is 7.62. The molecule has 4 aliphatic rings. The van der Waals surface area contributed by atoms with E-state index in [0.29, 0.717) is 17.8 Å². The quantitative estimate of drug-likeness (QED) is 0.757. The van der Waals surface area contributed by atoms with Crippen LogP contribution in [0.4, 0.5) is 0 Å². The molecular weight excluding hydrogens is 278 g/mol. The maximum Gasteiger partial charge on any atom is 0.302 e. The molecule has 0 amide bonds. The van der Waals surface area contributed by atoms with E-state index >= 15 is 0 Å². The van der Waals surface area contributed by atoms with Crippen LogP contribution in [0.15, 0.2) is 11.3 Å². The lowest BCUT2D eigenvalue weighted by Crippen LogP contribution is -2.67. The summed E-state index contributed by atoms with van der Waals surface area (Å²) in [5.74, 6) is 2.50. The summed E-state index contributed by atoms with van der Waals surface area (Å²) in [6, 6.07) is 0. The Kier molecular flexibility index (Phi) is 3.48. The Morgan fingerprint density at radius 3 is 3.09 bits per heavy atom. The highest BCUT2D eigenvalue weighted by Crippen LogP contribution is 2.57. The van der Waals surface area contributed by atoms with Crippen LogP contribution >= 0.6 is 0 Å². The lowest BCUT2D eigenvalue weighted by Gasteiger charge is -2.60. The second-order valence-corrected chi connectivity index (χ2v) is 7.62. The van der Waals surface area contributed by atoms with Crippen molar-refractivity contribution < 1.29 is 14.3 Å². The number of nitrogens with one attached hydrogen (secondary N) is 1. The van der Waals surface area contributed by atoms with Gasteiger partial charge in [0.2, 0.25) is 0 Å². The standard InChI is InChI=1S/C18H27NO3/c1-11-10-18-14(5-3-7-19-18)13(17(11)22-12(2)20)9-16-15(18)6-4-8-21-16/h11,13-14,17,19H,3-10H2,1-2H3/t11-,13-,14+,17+,18+/m0/s1. The first-order valence-corrected chi connectivity index (χ1v) is 8.89. The zero-order valence-electron chi connectivity index (χ0n) is 13.7. The molecule has 0 aromatic carbocycles. The molecule has 1 N–H and O–H groups in total. The molecule has 4 rings (SSSR count). The fourth-order valence-electron chi connectivity index (χ4n) is 5.74. The van der Waals surface area contributed by atoms with Gasteiger partial charge in [0.05, 0.1) is 12.4 Å². The molecule has 0 radical (unpaired) electrons. The van der Waals surface area contributed by atoms with Crippen molar-refractivity contribution in [1.29, 1.82) is 0 Å². The van der Waals surface area contributed by atoms with Crippen molar-refractivity contribution >= 4 is 5.97 Å². The summed E-state index contributed by atoms with van der Waals surface area (Å²) in [6.07, 6.45) is 6.89. The van der Waals surface area contributed by atoms with E-state index in [2.05, 4.69) is 12.2 Å². The van der Waals surface area contributed by atoms with E-state index in [0.717, 1.165) is 32.4 Å². The third-order valence-electron chi connectivity index (χ3n) is 6.35. The molecule has 1 saturated carbocycles. The maximum absolute atomic E-state index is 11.6. The number of piperidine rings is 1. The van der Waals surface area contributed by atoms with Crippen molar-refractivity contribution in [1.82, 2.24) is 5.32 Å². The number of hydrogen-bond donors (Lipinski definition) is 1. The third kappa shape index (κ3) is 2.03. The molecular formula is C18H27NO3. The highest BCUT2D eigenvalue weighted by Gasteiger charge is 2.59. The number of ether oxygens (including phenoxy) is 2. The van der Waals surface area contributed by atoms with Crippen molar-refractivity contribution in [2.45, 2.75) is 64.0 Å². The van der Waals surface area contributed by atoms with E-state index in [1.165, 1.54) is 25.0 Å². The summed E-state index contributed by atoms with van der Waals surface area (Å²) in [5, 5.41) is 3.89. The van der Waals surface area contributed by atoms with Crippen molar-refractivity contribution in [2.24, 2.45) is 17.8 Å². The van der Waals surface area contributed by atoms with Gasteiger partial charge in [0.25, 0.3) is 0 Å². The molecule has 0 spiro atoms. The summed E-state index contributed by atoms with van der Waals surface area (Å²) in [4.78, 5) is 11.6. The second kappa shape index (κ2) is 5.26. The van der Waals surface area contributed by atoms with Crippen LogP contribution in [-0.2, 0) is 14.3 Å². The number of hydrogen-bond acceptors (Lipinski definition) is 4. The van der Waals surface area contributed by atoms with Crippen LogP contribution in [0, 0.1) is 17.8 Å². The van der Waals surface area contributed by atoms with Crippen LogP contribution in [0.1, 0.15) is 52.4 Å². The minimum absolute atomic E-state index is 0.0510. The fourth-order valence-corrected chi connectivity index (χ4v) is 5.74. The summed E-state index contributed by atoms with van der Waals surface area (Å²) < 4.78 is 11.8. The van der Waals surface area contributed by atoms with Crippen LogP contribution in [0.2, 0.25) is 0 Å².